The number of hydrogen-bond donors (Lipinski definition) is 1. The summed E-state index contributed by atoms with van der Waals surface area (Å²) in [5, 5.41) is -0.197. The minimum absolute atomic E-state index is 0.102. The number of fused-ring (bicyclic) bond motifs is 1. The van der Waals surface area contributed by atoms with E-state index >= 15 is 0 Å². The lowest BCUT2D eigenvalue weighted by Crippen LogP contribution is -2.14. The van der Waals surface area contributed by atoms with E-state index in [0.29, 0.717) is 0 Å². The summed E-state index contributed by atoms with van der Waals surface area (Å²) < 4.78 is 71.5. The van der Waals surface area contributed by atoms with Crippen molar-refractivity contribution in [1.29, 1.82) is 0 Å². The zero-order valence-electron chi connectivity index (χ0n) is 16.9. The van der Waals surface area contributed by atoms with Gasteiger partial charge < -0.3 is 9.88 Å². The zero-order chi connectivity index (χ0) is 17.9. The van der Waals surface area contributed by atoms with Gasteiger partial charge in [0.25, 0.3) is 0 Å². The van der Waals surface area contributed by atoms with Gasteiger partial charge in [0.15, 0.2) is 0 Å². The predicted molar refractivity (Wildman–Crippen MR) is 60.6 cm³/mol. The Bertz CT molecular complexity index is 779. The van der Waals surface area contributed by atoms with Crippen LogP contribution >= 0.6 is 0 Å². The molecule has 14 heavy (non-hydrogen) atoms. The Morgan fingerprint density at radius 1 is 1.43 bits per heavy atom. The number of aryl methyl sites for hydroxylation is 1. The molecule has 74 valence electrons. The molecule has 2 nitrogen and oxygen atoms in total. The molecule has 0 aliphatic rings. The van der Waals surface area contributed by atoms with Crippen LogP contribution < -0.4 is 0 Å². The molecular formula is C12H16N2. The van der Waals surface area contributed by atoms with Gasteiger partial charge in [0.1, 0.15) is 0 Å². The van der Waals surface area contributed by atoms with Gasteiger partial charge in [-0.05, 0) is 32.1 Å². The van der Waals surface area contributed by atoms with Gasteiger partial charge in [-0.25, -0.2) is 0 Å². The molecule has 0 saturated heterocycles. The highest BCUT2D eigenvalue weighted by Gasteiger charge is 2.02. The third kappa shape index (κ3) is 1.80. The first kappa shape index (κ1) is 3.38. The summed E-state index contributed by atoms with van der Waals surface area (Å²) >= 11 is 0. The number of H-pyrrole nitrogens is 1. The van der Waals surface area contributed by atoms with Crippen molar-refractivity contribution in [3.63, 3.8) is 0 Å². The molecule has 2 aromatic rings. The molecule has 0 saturated carbocycles. The van der Waals surface area contributed by atoms with Crippen molar-refractivity contribution in [2.24, 2.45) is 0 Å². The van der Waals surface area contributed by atoms with Crippen LogP contribution in [0.25, 0.3) is 10.9 Å². The topological polar surface area (TPSA) is 19.0 Å². The lowest BCUT2D eigenvalue weighted by atomic mass is 10.1. The minimum atomic E-state index is -2.68. The van der Waals surface area contributed by atoms with Crippen LogP contribution in [0.5, 0.6) is 0 Å². The molecule has 0 bridgehead atoms. The van der Waals surface area contributed by atoms with Crippen LogP contribution in [0, 0.1) is 0 Å². The number of hydrogen-bond acceptors (Lipinski definition) is 1. The molecular weight excluding hydrogens is 172 g/mol. The van der Waals surface area contributed by atoms with Crippen molar-refractivity contribution in [3.8, 4) is 0 Å². The van der Waals surface area contributed by atoms with Crippen molar-refractivity contribution >= 4 is 10.9 Å². The number of benzene rings is 1. The summed E-state index contributed by atoms with van der Waals surface area (Å²) in [5.74, 6) is 0. The Kier molecular flexibility index (Phi) is 0.929. The fourth-order valence-electron chi connectivity index (χ4n) is 1.04. The largest absolute Gasteiger partial charge is 0.361 e. The van der Waals surface area contributed by atoms with Gasteiger partial charge in [-0.1, -0.05) is 18.1 Å². The van der Waals surface area contributed by atoms with E-state index in [1.54, 1.807) is 0 Å². The van der Waals surface area contributed by atoms with E-state index in [2.05, 4.69) is 4.98 Å². The first-order valence-electron chi connectivity index (χ1n) is 8.62. The van der Waals surface area contributed by atoms with Crippen LogP contribution in [0.3, 0.4) is 0 Å². The van der Waals surface area contributed by atoms with E-state index in [1.807, 2.05) is 0 Å². The molecule has 1 N–H and O–H groups in total. The Balaban J connectivity index is 2.95. The van der Waals surface area contributed by atoms with Crippen molar-refractivity contribution in [2.75, 3.05) is 20.6 Å². The van der Waals surface area contributed by atoms with E-state index in [0.717, 1.165) is 4.90 Å². The van der Waals surface area contributed by atoms with Gasteiger partial charge in [0, 0.05) is 29.1 Å². The number of para-hydroxylation sites is 1. The number of nitrogens with zero attached hydrogens (tertiary/aromatic N) is 1. The van der Waals surface area contributed by atoms with Crippen LogP contribution in [0.4, 0.5) is 0 Å². The highest BCUT2D eigenvalue weighted by Crippen LogP contribution is 2.17. The average molecular weight is 197 g/mol. The van der Waals surface area contributed by atoms with E-state index in [4.69, 9.17) is 12.3 Å². The number of aromatic nitrogens is 1. The van der Waals surface area contributed by atoms with Crippen LogP contribution in [-0.4, -0.2) is 30.5 Å². The third-order valence-corrected chi connectivity index (χ3v) is 1.65. The summed E-state index contributed by atoms with van der Waals surface area (Å²) in [4.78, 5) is 3.48. The number of nitrogens with one attached hydrogen (secondary N) is 1. The minimum Gasteiger partial charge on any atom is -0.361 e. The van der Waals surface area contributed by atoms with Gasteiger partial charge in [-0.2, -0.15) is 0 Å². The SMILES string of the molecule is [2H]c1[nH]c2c([2H])c([2H])c([2H])c([2H])c2c1C([2H])([2H])C([2H])([2H])N(C)C. The average Bonchev–Trinajstić information content (AvgIpc) is 2.80. The molecule has 0 amide bonds. The second-order valence-electron chi connectivity index (χ2n) is 3.01. The first-order chi connectivity index (χ1) is 10.4. The standard InChI is InChI=1S/C12H16N2/c1-14(2)8-7-10-9-13-12-6-4-3-5-11(10)12/h3-6,9,13H,7-8H2,1-2H3/i3D,4D,5D,6D,7D2,8D2,9D. The van der Waals surface area contributed by atoms with Crippen LogP contribution in [-0.2, 0) is 6.37 Å². The van der Waals surface area contributed by atoms with Gasteiger partial charge in [0.05, 0.1) is 6.85 Å². The van der Waals surface area contributed by atoms with Crippen molar-refractivity contribution < 1.29 is 12.3 Å². The first-order valence-corrected chi connectivity index (χ1v) is 4.12. The molecule has 0 atom stereocenters. The number of rotatable bonds is 3. The molecule has 0 aliphatic heterocycles. The number of aromatic amines is 1. The molecule has 0 radical (unpaired) electrons. The summed E-state index contributed by atoms with van der Waals surface area (Å²) in [6.07, 6.45) is -3.15. The third-order valence-electron chi connectivity index (χ3n) is 1.65. The summed E-state index contributed by atoms with van der Waals surface area (Å²) in [7, 11) is 2.71. The molecule has 0 aliphatic carbocycles. The maximum absolute atomic E-state index is 8.19. The normalized spacial score (nSPS) is 22.6. The Morgan fingerprint density at radius 2 is 2.21 bits per heavy atom. The van der Waals surface area contributed by atoms with Crippen LogP contribution in [0.2, 0.25) is 0 Å². The van der Waals surface area contributed by atoms with Gasteiger partial charge >= 0.3 is 0 Å². The molecule has 1 heterocycles. The smallest absolute Gasteiger partial charge is 0.0819 e. The van der Waals surface area contributed by atoms with Gasteiger partial charge in [-0.15, -0.1) is 0 Å². The van der Waals surface area contributed by atoms with Crippen LogP contribution in [0.15, 0.2) is 30.3 Å². The second-order valence-corrected chi connectivity index (χ2v) is 3.01. The summed E-state index contributed by atoms with van der Waals surface area (Å²) in [6.45, 7) is -2.49. The fraction of sp³-hybridized carbons (Fsp3) is 0.333. The van der Waals surface area contributed by atoms with Crippen LogP contribution in [0.1, 0.15) is 17.9 Å². The van der Waals surface area contributed by atoms with E-state index in [9.17, 15) is 0 Å². The van der Waals surface area contributed by atoms with Crippen molar-refractivity contribution in [1.82, 2.24) is 9.88 Å². The van der Waals surface area contributed by atoms with Crippen molar-refractivity contribution in [3.05, 3.63) is 35.9 Å². The molecule has 1 aromatic heterocycles. The number of likely N-dealkylation sites (N-methyl/N-ethyl adjacent to an activating group) is 1. The molecule has 2 rings (SSSR count). The Morgan fingerprint density at radius 3 is 3.00 bits per heavy atom. The molecule has 2 heteroatoms. The highest BCUT2D eigenvalue weighted by molar-refractivity contribution is 5.83. The summed E-state index contributed by atoms with van der Waals surface area (Å²) in [5.41, 5.74) is -0.521. The van der Waals surface area contributed by atoms with E-state index in [1.165, 1.54) is 14.1 Å². The quantitative estimate of drug-likeness (QED) is 0.799. The van der Waals surface area contributed by atoms with E-state index in [-0.39, 0.29) is 10.9 Å². The summed E-state index contributed by atoms with van der Waals surface area (Å²) in [6, 6.07) is -1.96. The lowest BCUT2D eigenvalue weighted by Gasteiger charge is -2.07. The maximum atomic E-state index is 8.19. The molecule has 0 fully saturated rings. The molecule has 1 aromatic carbocycles. The molecule has 0 spiro atoms. The van der Waals surface area contributed by atoms with Crippen molar-refractivity contribution in [2.45, 2.75) is 6.37 Å². The Labute approximate surface area is 97.2 Å². The lowest BCUT2D eigenvalue weighted by molar-refractivity contribution is 0.414. The predicted octanol–water partition coefficient (Wildman–Crippen LogP) is 2.27. The second kappa shape index (κ2) is 3.84. The fourth-order valence-corrected chi connectivity index (χ4v) is 1.04. The van der Waals surface area contributed by atoms with Gasteiger partial charge in [-0.3, -0.25) is 0 Å². The Hall–Kier alpha value is -1.28. The van der Waals surface area contributed by atoms with Gasteiger partial charge in [0.2, 0.25) is 0 Å². The monoisotopic (exact) mass is 197 g/mol. The molecule has 0 unspecified atom stereocenters. The maximum Gasteiger partial charge on any atom is 0.0819 e. The van der Waals surface area contributed by atoms with E-state index < -0.39 is 48.8 Å². The highest BCUT2D eigenvalue weighted by atomic mass is 15.0. The zero-order valence-corrected chi connectivity index (χ0v) is 7.95.